The van der Waals surface area contributed by atoms with Crippen molar-refractivity contribution < 1.29 is 0 Å². The molecule has 0 spiro atoms. The van der Waals surface area contributed by atoms with E-state index in [2.05, 4.69) is 89.7 Å². The van der Waals surface area contributed by atoms with E-state index in [0.717, 1.165) is 0 Å². The molecule has 0 saturated heterocycles. The Balaban J connectivity index is 6.90. The predicted octanol–water partition coefficient (Wildman–Crippen LogP) is 6.36. The molecule has 112 valence electrons. The van der Waals surface area contributed by atoms with E-state index in [1.54, 1.807) is 0 Å². The van der Waals surface area contributed by atoms with Crippen LogP contribution in [0.15, 0.2) is 0 Å². The van der Waals surface area contributed by atoms with Gasteiger partial charge < -0.3 is 0 Å². The Morgan fingerprint density at radius 1 is 0.389 bits per heavy atom. The van der Waals surface area contributed by atoms with Gasteiger partial charge in [-0.1, -0.05) is 0 Å². The monoisotopic (exact) mass is 274 g/mol. The molecule has 0 fully saturated rings. The van der Waals surface area contributed by atoms with Gasteiger partial charge >= 0.3 is 117 Å². The topological polar surface area (TPSA) is 0 Å². The summed E-state index contributed by atoms with van der Waals surface area (Å²) in [5, 5.41) is 1.33. The third-order valence-electron chi connectivity index (χ3n) is 6.71. The summed E-state index contributed by atoms with van der Waals surface area (Å²) in [5.74, 6) is 0. The minimum absolute atomic E-state index is 0.334. The molecule has 0 aromatic heterocycles. The van der Waals surface area contributed by atoms with Gasteiger partial charge in [-0.2, -0.15) is 0 Å². The summed E-state index contributed by atoms with van der Waals surface area (Å²) in [6, 6.07) is 0. The summed E-state index contributed by atoms with van der Waals surface area (Å²) in [4.78, 5) is 0. The third-order valence-corrected chi connectivity index (χ3v) is 20.1. The average molecular weight is 274 g/mol. The molecule has 0 saturated carbocycles. The molecular formula is C17H39P. The Labute approximate surface area is 117 Å². The van der Waals surface area contributed by atoms with Gasteiger partial charge in [0.25, 0.3) is 0 Å². The van der Waals surface area contributed by atoms with Crippen molar-refractivity contribution in [1.82, 2.24) is 0 Å². The second kappa shape index (κ2) is 3.97. The van der Waals surface area contributed by atoms with E-state index in [-0.39, 0.29) is 0 Å². The van der Waals surface area contributed by atoms with E-state index in [9.17, 15) is 0 Å². The van der Waals surface area contributed by atoms with E-state index >= 15 is 0 Å². The third kappa shape index (κ3) is 1.67. The maximum absolute atomic E-state index is 2.67. The molecule has 0 aliphatic heterocycles. The van der Waals surface area contributed by atoms with Crippen molar-refractivity contribution in [3.63, 3.8) is 0 Å². The standard InChI is InChI=1S/C17H39P/c1-14(2,3)18(13,15(4,5)6,16(7,8)9)17(10,11)12/h1-13H3. The fourth-order valence-corrected chi connectivity index (χ4v) is 18.1. The SMILES string of the molecule is CC(C)(C)P(C)(C(C)(C)C)(C(C)(C)C)C(C)(C)C. The van der Waals surface area contributed by atoms with Gasteiger partial charge in [-0.15, -0.1) is 0 Å². The van der Waals surface area contributed by atoms with Crippen LogP contribution in [0.25, 0.3) is 0 Å². The summed E-state index contributed by atoms with van der Waals surface area (Å²) in [7, 11) is 0. The Kier molecular flexibility index (Phi) is 4.06. The second-order valence-electron chi connectivity index (χ2n) is 10.2. The van der Waals surface area contributed by atoms with E-state index in [1.807, 2.05) is 0 Å². The van der Waals surface area contributed by atoms with Gasteiger partial charge in [-0.3, -0.25) is 0 Å². The van der Waals surface area contributed by atoms with Gasteiger partial charge in [-0.05, 0) is 0 Å². The van der Waals surface area contributed by atoms with Crippen LogP contribution < -0.4 is 0 Å². The minimum atomic E-state index is -2.11. The van der Waals surface area contributed by atoms with Crippen molar-refractivity contribution in [1.29, 1.82) is 0 Å². The fourth-order valence-electron chi connectivity index (χ4n) is 6.04. The number of rotatable bonds is 0. The number of hydrogen-bond donors (Lipinski definition) is 0. The summed E-state index contributed by atoms with van der Waals surface area (Å²) in [6.07, 6.45) is 0. The summed E-state index contributed by atoms with van der Waals surface area (Å²) < 4.78 is 0. The molecule has 0 amide bonds. The van der Waals surface area contributed by atoms with Gasteiger partial charge in [0.2, 0.25) is 0 Å². The van der Waals surface area contributed by atoms with E-state index in [1.165, 1.54) is 0 Å². The Bertz CT molecular complexity index is 242. The molecule has 0 aliphatic carbocycles. The molecule has 0 aliphatic rings. The Hall–Kier alpha value is 0.430. The Morgan fingerprint density at radius 3 is 0.500 bits per heavy atom. The van der Waals surface area contributed by atoms with Crippen molar-refractivity contribution >= 4 is 6.60 Å². The molecule has 0 bridgehead atoms. The summed E-state index contributed by atoms with van der Waals surface area (Å²) in [5.41, 5.74) is 0. The van der Waals surface area contributed by atoms with Crippen LogP contribution in [0.4, 0.5) is 0 Å². The molecule has 0 aromatic rings. The van der Waals surface area contributed by atoms with E-state index < -0.39 is 6.60 Å². The van der Waals surface area contributed by atoms with Gasteiger partial charge in [-0.25, -0.2) is 0 Å². The van der Waals surface area contributed by atoms with Crippen LogP contribution in [0, 0.1) is 0 Å². The van der Waals surface area contributed by atoms with Crippen molar-refractivity contribution in [2.24, 2.45) is 0 Å². The molecule has 0 nitrogen and oxygen atoms in total. The molecular weight excluding hydrogens is 235 g/mol. The van der Waals surface area contributed by atoms with Crippen LogP contribution in [0.3, 0.4) is 0 Å². The molecule has 0 radical (unpaired) electrons. The quantitative estimate of drug-likeness (QED) is 0.451. The zero-order chi connectivity index (χ0) is 15.4. The fraction of sp³-hybridized carbons (Fsp3) is 1.00. The average Bonchev–Trinajstić information content (AvgIpc) is 1.92. The first-order chi connectivity index (χ1) is 7.34. The van der Waals surface area contributed by atoms with Crippen LogP contribution >= 0.6 is 6.60 Å². The van der Waals surface area contributed by atoms with Gasteiger partial charge in [0.05, 0.1) is 0 Å². The summed E-state index contributed by atoms with van der Waals surface area (Å²) >= 11 is 0. The van der Waals surface area contributed by atoms with Gasteiger partial charge in [0.15, 0.2) is 0 Å². The van der Waals surface area contributed by atoms with Gasteiger partial charge in [0.1, 0.15) is 0 Å². The van der Waals surface area contributed by atoms with E-state index in [4.69, 9.17) is 0 Å². The second-order valence-corrected chi connectivity index (χ2v) is 18.7. The number of hydrogen-bond acceptors (Lipinski definition) is 0. The molecule has 0 unspecified atom stereocenters. The molecule has 1 heteroatoms. The normalized spacial score (nSPS) is 18.4. The van der Waals surface area contributed by atoms with Crippen LogP contribution in [0.5, 0.6) is 0 Å². The summed E-state index contributed by atoms with van der Waals surface area (Å²) in [6.45, 7) is 30.3. The van der Waals surface area contributed by atoms with E-state index in [0.29, 0.717) is 20.6 Å². The predicted molar refractivity (Wildman–Crippen MR) is 91.9 cm³/mol. The van der Waals surface area contributed by atoms with Crippen molar-refractivity contribution in [2.75, 3.05) is 6.66 Å². The first-order valence-electron chi connectivity index (χ1n) is 7.34. The van der Waals surface area contributed by atoms with Crippen LogP contribution in [0.2, 0.25) is 0 Å². The van der Waals surface area contributed by atoms with Crippen LogP contribution in [-0.4, -0.2) is 27.3 Å². The van der Waals surface area contributed by atoms with Crippen molar-refractivity contribution in [3.8, 4) is 0 Å². The molecule has 0 N–H and O–H groups in total. The zero-order valence-corrected chi connectivity index (χ0v) is 16.3. The van der Waals surface area contributed by atoms with Crippen molar-refractivity contribution in [3.05, 3.63) is 0 Å². The van der Waals surface area contributed by atoms with Gasteiger partial charge in [0, 0.05) is 0 Å². The zero-order valence-electron chi connectivity index (χ0n) is 15.4. The Morgan fingerprint density at radius 2 is 0.500 bits per heavy atom. The van der Waals surface area contributed by atoms with Crippen LogP contribution in [-0.2, 0) is 0 Å². The molecule has 18 heavy (non-hydrogen) atoms. The molecule has 0 atom stereocenters. The molecule has 0 aromatic carbocycles. The maximum atomic E-state index is 2.67. The molecule has 0 heterocycles. The van der Waals surface area contributed by atoms with Crippen molar-refractivity contribution in [2.45, 2.75) is 104 Å². The van der Waals surface area contributed by atoms with Crippen LogP contribution in [0.1, 0.15) is 83.1 Å². The molecule has 0 rings (SSSR count). The first kappa shape index (κ1) is 18.4. The first-order valence-corrected chi connectivity index (χ1v) is 10.0.